The summed E-state index contributed by atoms with van der Waals surface area (Å²) in [5.74, 6) is 4.15. The molecule has 0 aromatic heterocycles. The van der Waals surface area contributed by atoms with E-state index in [-0.39, 0.29) is 18.2 Å². The van der Waals surface area contributed by atoms with Crippen LogP contribution in [-0.4, -0.2) is 0 Å². The molecule has 62 valence electrons. The van der Waals surface area contributed by atoms with Gasteiger partial charge in [0, 0.05) is 5.02 Å². The Kier molecular flexibility index (Phi) is 4.18. The molecule has 0 amide bonds. The molecule has 0 unspecified atom stereocenters. The summed E-state index contributed by atoms with van der Waals surface area (Å²) in [6.45, 7) is 0. The van der Waals surface area contributed by atoms with Gasteiger partial charge in [0.15, 0.2) is 11.6 Å². The van der Waals surface area contributed by atoms with E-state index in [2.05, 4.69) is 4.84 Å². The number of halogens is 3. The molecular weight excluding hydrogens is 192 g/mol. The Labute approximate surface area is 74.5 Å². The molecule has 0 atom stereocenters. The second-order valence-corrected chi connectivity index (χ2v) is 2.13. The lowest BCUT2D eigenvalue weighted by atomic mass is 10.3. The highest BCUT2D eigenvalue weighted by molar-refractivity contribution is 6.30. The van der Waals surface area contributed by atoms with Gasteiger partial charge in [-0.3, -0.25) is 0 Å². The highest BCUT2D eigenvalue weighted by Gasteiger charge is 2.01. The van der Waals surface area contributed by atoms with Crippen molar-refractivity contribution < 1.29 is 9.23 Å². The third kappa shape index (κ3) is 2.54. The second-order valence-electron chi connectivity index (χ2n) is 1.69. The first-order valence-corrected chi connectivity index (χ1v) is 2.93. The van der Waals surface area contributed by atoms with Gasteiger partial charge < -0.3 is 4.84 Å². The fourth-order valence-corrected chi connectivity index (χ4v) is 0.730. The van der Waals surface area contributed by atoms with Crippen molar-refractivity contribution >= 4 is 24.0 Å². The Hall–Kier alpha value is -0.510. The largest absolute Gasteiger partial charge is 0.408 e. The summed E-state index contributed by atoms with van der Waals surface area (Å²) in [6.07, 6.45) is 0. The first-order chi connectivity index (χ1) is 4.74. The van der Waals surface area contributed by atoms with Crippen LogP contribution in [0.3, 0.4) is 0 Å². The SMILES string of the molecule is Cl.NOc1ccc(Cl)cc1F. The van der Waals surface area contributed by atoms with Gasteiger partial charge in [-0.25, -0.2) is 4.39 Å². The number of hydrogen-bond acceptors (Lipinski definition) is 2. The van der Waals surface area contributed by atoms with Crippen molar-refractivity contribution in [2.24, 2.45) is 5.90 Å². The molecule has 0 saturated carbocycles. The number of benzene rings is 1. The van der Waals surface area contributed by atoms with Gasteiger partial charge in [0.2, 0.25) is 0 Å². The van der Waals surface area contributed by atoms with Crippen molar-refractivity contribution in [3.8, 4) is 5.75 Å². The van der Waals surface area contributed by atoms with Crippen LogP contribution in [-0.2, 0) is 0 Å². The van der Waals surface area contributed by atoms with E-state index in [1.54, 1.807) is 0 Å². The van der Waals surface area contributed by atoms with Crippen LogP contribution in [0.4, 0.5) is 4.39 Å². The van der Waals surface area contributed by atoms with Crippen LogP contribution < -0.4 is 10.7 Å². The van der Waals surface area contributed by atoms with E-state index in [1.807, 2.05) is 0 Å². The van der Waals surface area contributed by atoms with E-state index >= 15 is 0 Å². The Morgan fingerprint density at radius 2 is 2.09 bits per heavy atom. The molecule has 0 fully saturated rings. The Bertz CT molecular complexity index is 244. The van der Waals surface area contributed by atoms with Gasteiger partial charge in [-0.05, 0) is 18.2 Å². The summed E-state index contributed by atoms with van der Waals surface area (Å²) >= 11 is 5.44. The third-order valence-corrected chi connectivity index (χ3v) is 1.26. The van der Waals surface area contributed by atoms with Gasteiger partial charge in [-0.15, -0.1) is 12.4 Å². The van der Waals surface area contributed by atoms with Crippen molar-refractivity contribution in [1.82, 2.24) is 0 Å². The highest BCUT2D eigenvalue weighted by Crippen LogP contribution is 2.19. The first kappa shape index (κ1) is 10.5. The molecule has 11 heavy (non-hydrogen) atoms. The summed E-state index contributed by atoms with van der Waals surface area (Å²) in [6, 6.07) is 3.98. The Morgan fingerprint density at radius 3 is 2.55 bits per heavy atom. The van der Waals surface area contributed by atoms with Crippen molar-refractivity contribution in [1.29, 1.82) is 0 Å². The lowest BCUT2D eigenvalue weighted by Gasteiger charge is -1.98. The van der Waals surface area contributed by atoms with Crippen molar-refractivity contribution in [2.45, 2.75) is 0 Å². The molecule has 0 aliphatic rings. The van der Waals surface area contributed by atoms with E-state index in [0.717, 1.165) is 6.07 Å². The highest BCUT2D eigenvalue weighted by atomic mass is 35.5. The van der Waals surface area contributed by atoms with Crippen LogP contribution in [0.2, 0.25) is 5.02 Å². The molecule has 0 aliphatic heterocycles. The minimum Gasteiger partial charge on any atom is -0.408 e. The first-order valence-electron chi connectivity index (χ1n) is 2.56. The van der Waals surface area contributed by atoms with Crippen LogP contribution in [0.25, 0.3) is 0 Å². The van der Waals surface area contributed by atoms with E-state index in [9.17, 15) is 4.39 Å². The second kappa shape index (κ2) is 4.38. The zero-order valence-corrected chi connectivity index (χ0v) is 6.95. The molecule has 0 radical (unpaired) electrons. The zero-order valence-electron chi connectivity index (χ0n) is 5.38. The van der Waals surface area contributed by atoms with E-state index in [4.69, 9.17) is 17.5 Å². The van der Waals surface area contributed by atoms with Gasteiger partial charge in [0.1, 0.15) is 0 Å². The lowest BCUT2D eigenvalue weighted by molar-refractivity contribution is 0.316. The minimum absolute atomic E-state index is 0. The van der Waals surface area contributed by atoms with Crippen LogP contribution >= 0.6 is 24.0 Å². The maximum atomic E-state index is 12.6. The monoisotopic (exact) mass is 197 g/mol. The van der Waals surface area contributed by atoms with Gasteiger partial charge >= 0.3 is 0 Å². The molecule has 0 spiro atoms. The van der Waals surface area contributed by atoms with Gasteiger partial charge in [-0.1, -0.05) is 11.6 Å². The summed E-state index contributed by atoms with van der Waals surface area (Å²) in [5.41, 5.74) is 0. The molecule has 1 aromatic carbocycles. The molecule has 0 saturated heterocycles. The van der Waals surface area contributed by atoms with E-state index in [0.29, 0.717) is 5.02 Å². The Morgan fingerprint density at radius 1 is 1.45 bits per heavy atom. The average Bonchev–Trinajstić information content (AvgIpc) is 1.88. The molecule has 1 rings (SSSR count). The summed E-state index contributed by atoms with van der Waals surface area (Å²) < 4.78 is 12.6. The number of nitrogens with two attached hydrogens (primary N) is 1. The minimum atomic E-state index is -0.560. The average molecular weight is 198 g/mol. The molecule has 1 aromatic rings. The van der Waals surface area contributed by atoms with E-state index in [1.165, 1.54) is 12.1 Å². The molecule has 2 nitrogen and oxygen atoms in total. The summed E-state index contributed by atoms with van der Waals surface area (Å²) in [4.78, 5) is 4.17. The van der Waals surface area contributed by atoms with Crippen LogP contribution in [0.1, 0.15) is 0 Å². The van der Waals surface area contributed by atoms with Crippen LogP contribution in [0.15, 0.2) is 18.2 Å². The predicted molar refractivity (Wildman–Crippen MR) is 43.5 cm³/mol. The predicted octanol–water partition coefficient (Wildman–Crippen LogP) is 2.15. The fourth-order valence-electron chi connectivity index (χ4n) is 0.571. The smallest absolute Gasteiger partial charge is 0.182 e. The molecular formula is C6H6Cl2FNO. The van der Waals surface area contributed by atoms with Crippen LogP contribution in [0.5, 0.6) is 5.75 Å². The molecule has 0 aliphatic carbocycles. The zero-order chi connectivity index (χ0) is 7.56. The number of hydrogen-bond donors (Lipinski definition) is 1. The Balaban J connectivity index is 0.000001000. The standard InChI is InChI=1S/C6H5ClFNO.ClH/c7-4-1-2-6(10-9)5(8)3-4;/h1-3H,9H2;1H. The summed E-state index contributed by atoms with van der Waals surface area (Å²) in [5, 5.41) is 0.318. The molecule has 2 N–H and O–H groups in total. The molecule has 0 heterocycles. The maximum absolute atomic E-state index is 12.6. The third-order valence-electron chi connectivity index (χ3n) is 1.02. The topological polar surface area (TPSA) is 35.2 Å². The normalized spacial score (nSPS) is 8.64. The van der Waals surface area contributed by atoms with Gasteiger partial charge in [-0.2, -0.15) is 5.90 Å². The summed E-state index contributed by atoms with van der Waals surface area (Å²) in [7, 11) is 0. The van der Waals surface area contributed by atoms with E-state index < -0.39 is 5.82 Å². The van der Waals surface area contributed by atoms with Gasteiger partial charge in [0.05, 0.1) is 0 Å². The quantitative estimate of drug-likeness (QED) is 0.701. The lowest BCUT2D eigenvalue weighted by Crippen LogP contribution is -2.03. The van der Waals surface area contributed by atoms with Gasteiger partial charge in [0.25, 0.3) is 0 Å². The maximum Gasteiger partial charge on any atom is 0.182 e. The van der Waals surface area contributed by atoms with Crippen molar-refractivity contribution in [2.75, 3.05) is 0 Å². The fraction of sp³-hybridized carbons (Fsp3) is 0. The van der Waals surface area contributed by atoms with Crippen molar-refractivity contribution in [3.05, 3.63) is 29.0 Å². The van der Waals surface area contributed by atoms with Crippen LogP contribution in [0, 0.1) is 5.82 Å². The molecule has 5 heteroatoms. The molecule has 0 bridgehead atoms. The van der Waals surface area contributed by atoms with Crippen molar-refractivity contribution in [3.63, 3.8) is 0 Å². The number of rotatable bonds is 1.